The molecule has 1 saturated carbocycles. The van der Waals surface area contributed by atoms with Gasteiger partial charge in [-0.05, 0) is 63.6 Å². The maximum absolute atomic E-state index is 14.6. The van der Waals surface area contributed by atoms with Gasteiger partial charge in [0, 0.05) is 23.3 Å². The number of imide groups is 1. The summed E-state index contributed by atoms with van der Waals surface area (Å²) in [4.78, 5) is 67.1. The largest absolute Gasteiger partial charge is 0.466 e. The van der Waals surface area contributed by atoms with E-state index in [0.29, 0.717) is 11.1 Å². The van der Waals surface area contributed by atoms with Gasteiger partial charge in [-0.3, -0.25) is 19.7 Å². The summed E-state index contributed by atoms with van der Waals surface area (Å²) in [6.45, 7) is 8.36. The minimum Gasteiger partial charge on any atom is -0.466 e. The topological polar surface area (TPSA) is 142 Å². The first-order chi connectivity index (χ1) is 20.8. The molecule has 0 unspecified atom stereocenters. The lowest BCUT2D eigenvalue weighted by Gasteiger charge is -2.35. The number of carbonyl (C=O) groups excluding carboxylic acids is 4. The van der Waals surface area contributed by atoms with Crippen molar-refractivity contribution in [3.8, 4) is 0 Å². The maximum Gasteiger partial charge on any atom is 0.421 e. The Bertz CT molecular complexity index is 1470. The Labute approximate surface area is 256 Å². The molecule has 234 valence electrons. The van der Waals surface area contributed by atoms with E-state index in [4.69, 9.17) is 14.2 Å². The van der Waals surface area contributed by atoms with Gasteiger partial charge in [-0.25, -0.2) is 14.5 Å². The molecule has 0 aromatic heterocycles. The number of fused-ring (bicyclic) bond motifs is 1. The van der Waals surface area contributed by atoms with Crippen LogP contribution >= 0.6 is 0 Å². The van der Waals surface area contributed by atoms with E-state index in [2.05, 4.69) is 0 Å². The molecule has 2 aliphatic rings. The number of amides is 2. The van der Waals surface area contributed by atoms with Crippen LogP contribution in [0.1, 0.15) is 58.1 Å². The first-order valence-electron chi connectivity index (χ1n) is 14.5. The predicted octanol–water partition coefficient (Wildman–Crippen LogP) is 5.20. The molecule has 1 fully saturated rings. The fourth-order valence-corrected chi connectivity index (χ4v) is 6.91. The van der Waals surface area contributed by atoms with Crippen molar-refractivity contribution in [2.75, 3.05) is 18.6 Å². The fourth-order valence-electron chi connectivity index (χ4n) is 6.91. The minimum atomic E-state index is -1.64. The highest BCUT2D eigenvalue weighted by Gasteiger charge is 2.68. The average Bonchev–Trinajstić information content (AvgIpc) is 3.41. The van der Waals surface area contributed by atoms with E-state index >= 15 is 0 Å². The second-order valence-electron chi connectivity index (χ2n) is 12.2. The quantitative estimate of drug-likeness (QED) is 0.130. The molecule has 0 spiro atoms. The molecule has 0 saturated heterocycles. The monoisotopic (exact) mass is 606 g/mol. The molecular weight excluding hydrogens is 568 g/mol. The Morgan fingerprint density at radius 1 is 1.07 bits per heavy atom. The van der Waals surface area contributed by atoms with E-state index in [1.54, 1.807) is 89.2 Å². The third kappa shape index (κ3) is 5.95. The van der Waals surface area contributed by atoms with Crippen LogP contribution in [0.25, 0.3) is 0 Å². The van der Waals surface area contributed by atoms with Crippen LogP contribution in [-0.4, -0.2) is 54.2 Å². The van der Waals surface area contributed by atoms with Crippen molar-refractivity contribution in [1.82, 2.24) is 0 Å². The second-order valence-corrected chi connectivity index (χ2v) is 12.2. The van der Waals surface area contributed by atoms with Crippen LogP contribution in [0.2, 0.25) is 0 Å². The Kier molecular flexibility index (Phi) is 9.27. The number of hydrogen-bond donors (Lipinski definition) is 0. The molecule has 11 nitrogen and oxygen atoms in total. The molecule has 1 aliphatic carbocycles. The lowest BCUT2D eigenvalue weighted by molar-refractivity contribution is -0.534. The molecule has 44 heavy (non-hydrogen) atoms. The number of nitro groups is 1. The van der Waals surface area contributed by atoms with Crippen molar-refractivity contribution in [2.24, 2.45) is 17.8 Å². The molecule has 2 aromatic carbocycles. The smallest absolute Gasteiger partial charge is 0.421 e. The number of carbonyl (C=O) groups is 4. The van der Waals surface area contributed by atoms with Crippen molar-refractivity contribution >= 4 is 29.6 Å². The zero-order chi connectivity index (χ0) is 32.4. The van der Waals surface area contributed by atoms with Crippen molar-refractivity contribution in [3.63, 3.8) is 0 Å². The van der Waals surface area contributed by atoms with Crippen LogP contribution < -0.4 is 4.90 Å². The van der Waals surface area contributed by atoms with Gasteiger partial charge in [-0.15, -0.1) is 0 Å². The van der Waals surface area contributed by atoms with Gasteiger partial charge in [-0.1, -0.05) is 54.6 Å². The number of esters is 2. The SMILES string of the molecule is CCOC(=O)C[C@H]1[C@H](/C=C/C(=O)OC)[C@@H](c2ccccc2)[C@@H]([N+](=O)[O-])[C@@H]1[C@@]1(C)C(=O)N(C(=O)OC(C)(C)C)c2ccccc21. The van der Waals surface area contributed by atoms with Gasteiger partial charge in [0.05, 0.1) is 30.7 Å². The van der Waals surface area contributed by atoms with Gasteiger partial charge < -0.3 is 14.2 Å². The van der Waals surface area contributed by atoms with Crippen molar-refractivity contribution in [3.05, 3.63) is 88.0 Å². The minimum absolute atomic E-state index is 0.0884. The molecule has 0 N–H and O–H groups in total. The van der Waals surface area contributed by atoms with E-state index in [1.165, 1.54) is 19.3 Å². The van der Waals surface area contributed by atoms with Gasteiger partial charge in [-0.2, -0.15) is 0 Å². The third-order valence-corrected chi connectivity index (χ3v) is 8.49. The number of benzene rings is 2. The van der Waals surface area contributed by atoms with Crippen LogP contribution in [0.5, 0.6) is 0 Å². The van der Waals surface area contributed by atoms with Crippen LogP contribution in [-0.2, 0) is 34.0 Å². The highest BCUT2D eigenvalue weighted by molar-refractivity contribution is 6.21. The lowest BCUT2D eigenvalue weighted by atomic mass is 9.65. The van der Waals surface area contributed by atoms with E-state index in [1.807, 2.05) is 0 Å². The summed E-state index contributed by atoms with van der Waals surface area (Å²) in [5.41, 5.74) is -1.28. The molecule has 6 atom stereocenters. The number of nitrogens with zero attached hydrogens (tertiary/aromatic N) is 2. The summed E-state index contributed by atoms with van der Waals surface area (Å²) >= 11 is 0. The zero-order valence-electron chi connectivity index (χ0n) is 25.7. The first kappa shape index (κ1) is 32.4. The number of methoxy groups -OCH3 is 1. The van der Waals surface area contributed by atoms with Gasteiger partial charge in [0.15, 0.2) is 0 Å². The Morgan fingerprint density at radius 2 is 1.70 bits per heavy atom. The number of rotatable bonds is 8. The number of para-hydroxylation sites is 1. The lowest BCUT2D eigenvalue weighted by Crippen LogP contribution is -2.52. The summed E-state index contributed by atoms with van der Waals surface area (Å²) in [6, 6.07) is 14.0. The summed E-state index contributed by atoms with van der Waals surface area (Å²) in [6.07, 6.45) is 1.56. The standard InChI is InChI=1S/C33H38N2O9/c1-7-43-26(37)19-22-21(17-18-25(36)42-6)27(20-13-9-8-10-14-20)29(35(40)41)28(22)33(5)23-15-11-12-16-24(23)34(30(33)38)31(39)44-32(2,3)4/h8-18,21-22,27-29H,7,19H2,1-6H3/b18-17+/t21-,22-,27+,28+,29+,33-/m0/s1. The molecule has 11 heteroatoms. The maximum atomic E-state index is 14.6. The fraction of sp³-hybridized carbons (Fsp3) is 0.455. The summed E-state index contributed by atoms with van der Waals surface area (Å²) in [5.74, 6) is -5.52. The third-order valence-electron chi connectivity index (χ3n) is 8.49. The van der Waals surface area contributed by atoms with E-state index in [0.717, 1.165) is 4.90 Å². The van der Waals surface area contributed by atoms with Gasteiger partial charge >= 0.3 is 18.0 Å². The normalized spacial score (nSPS) is 26.4. The van der Waals surface area contributed by atoms with Crippen molar-refractivity contribution in [2.45, 2.75) is 64.0 Å². The number of hydrogen-bond acceptors (Lipinski definition) is 9. The van der Waals surface area contributed by atoms with Gasteiger partial charge in [0.2, 0.25) is 11.9 Å². The Balaban J connectivity index is 1.99. The highest BCUT2D eigenvalue weighted by atomic mass is 16.6. The first-order valence-corrected chi connectivity index (χ1v) is 14.5. The van der Waals surface area contributed by atoms with Crippen LogP contribution in [0.3, 0.4) is 0 Å². The second kappa shape index (κ2) is 12.6. The van der Waals surface area contributed by atoms with Gasteiger partial charge in [0.1, 0.15) is 5.60 Å². The van der Waals surface area contributed by atoms with E-state index < -0.39 is 69.6 Å². The molecule has 2 amide bonds. The highest BCUT2D eigenvalue weighted by Crippen LogP contribution is 2.60. The Morgan fingerprint density at radius 3 is 2.30 bits per heavy atom. The van der Waals surface area contributed by atoms with Crippen molar-refractivity contribution in [1.29, 1.82) is 0 Å². The Hall–Kier alpha value is -4.54. The molecule has 1 heterocycles. The number of ether oxygens (including phenoxy) is 3. The molecular formula is C33H38N2O9. The molecule has 0 bridgehead atoms. The number of anilines is 1. The van der Waals surface area contributed by atoms with E-state index in [-0.39, 0.29) is 18.7 Å². The average molecular weight is 607 g/mol. The molecule has 2 aromatic rings. The summed E-state index contributed by atoms with van der Waals surface area (Å²) in [5, 5.41) is 13.2. The summed E-state index contributed by atoms with van der Waals surface area (Å²) in [7, 11) is 1.22. The molecule has 1 aliphatic heterocycles. The van der Waals surface area contributed by atoms with Crippen LogP contribution in [0, 0.1) is 27.9 Å². The van der Waals surface area contributed by atoms with E-state index in [9.17, 15) is 29.3 Å². The molecule has 0 radical (unpaired) electrons. The van der Waals surface area contributed by atoms with Crippen LogP contribution in [0.4, 0.5) is 10.5 Å². The number of allylic oxidation sites excluding steroid dienone is 1. The van der Waals surface area contributed by atoms with Crippen LogP contribution in [0.15, 0.2) is 66.7 Å². The van der Waals surface area contributed by atoms with Gasteiger partial charge in [0.25, 0.3) is 0 Å². The molecule has 4 rings (SSSR count). The zero-order valence-corrected chi connectivity index (χ0v) is 25.7. The summed E-state index contributed by atoms with van der Waals surface area (Å²) < 4.78 is 15.7. The predicted molar refractivity (Wildman–Crippen MR) is 160 cm³/mol. The van der Waals surface area contributed by atoms with Crippen molar-refractivity contribution < 1.29 is 38.3 Å².